The van der Waals surface area contributed by atoms with Crippen molar-refractivity contribution < 1.29 is 9.13 Å². The molecule has 104 valence electrons. The van der Waals surface area contributed by atoms with Crippen LogP contribution in [0.4, 0.5) is 4.39 Å². The number of hydrogen-bond acceptors (Lipinski definition) is 1. The van der Waals surface area contributed by atoms with Gasteiger partial charge in [-0.1, -0.05) is 45.7 Å². The average Bonchev–Trinajstić information content (AvgIpc) is 2.86. The van der Waals surface area contributed by atoms with Gasteiger partial charge >= 0.3 is 0 Å². The van der Waals surface area contributed by atoms with Gasteiger partial charge in [0.15, 0.2) is 0 Å². The highest BCUT2D eigenvalue weighted by Crippen LogP contribution is 2.40. The maximum Gasteiger partial charge on any atom is 0.128 e. The molecule has 2 aromatic rings. The summed E-state index contributed by atoms with van der Waals surface area (Å²) >= 11 is 12.8. The largest absolute Gasteiger partial charge is 0.488 e. The normalized spacial score (nSPS) is 18.5. The highest BCUT2D eigenvalue weighted by molar-refractivity contribution is 9.10. The Kier molecular flexibility index (Phi) is 4.07. The molecule has 1 aliphatic rings. The van der Waals surface area contributed by atoms with Crippen LogP contribution in [0.5, 0.6) is 5.75 Å². The SMILES string of the molecule is Fc1cc(Br)c(Cl)cc1C(Br)C1Cc2ccccc2O1. The van der Waals surface area contributed by atoms with Gasteiger partial charge in [0, 0.05) is 16.5 Å². The molecule has 1 heterocycles. The molecule has 1 aliphatic heterocycles. The van der Waals surface area contributed by atoms with E-state index in [4.69, 9.17) is 16.3 Å². The molecule has 0 N–H and O–H groups in total. The highest BCUT2D eigenvalue weighted by Gasteiger charge is 2.31. The van der Waals surface area contributed by atoms with Gasteiger partial charge in [-0.15, -0.1) is 0 Å². The second-order valence-electron chi connectivity index (χ2n) is 4.66. The van der Waals surface area contributed by atoms with E-state index in [2.05, 4.69) is 31.9 Å². The van der Waals surface area contributed by atoms with Crippen LogP contribution in [0.3, 0.4) is 0 Å². The molecule has 1 nitrogen and oxygen atoms in total. The van der Waals surface area contributed by atoms with Gasteiger partial charge in [-0.05, 0) is 39.7 Å². The van der Waals surface area contributed by atoms with Crippen molar-refractivity contribution in [2.45, 2.75) is 17.4 Å². The fraction of sp³-hybridized carbons (Fsp3) is 0.200. The van der Waals surface area contributed by atoms with E-state index in [1.807, 2.05) is 24.3 Å². The van der Waals surface area contributed by atoms with Crippen LogP contribution < -0.4 is 4.74 Å². The standard InChI is InChI=1S/C15H10Br2ClFO/c16-10-7-12(19)9(6-11(10)18)15(17)14-5-8-3-1-2-4-13(8)20-14/h1-4,6-7,14-15H,5H2. The number of fused-ring (bicyclic) bond motifs is 1. The molecule has 3 rings (SSSR count). The fourth-order valence-electron chi connectivity index (χ4n) is 2.32. The van der Waals surface area contributed by atoms with Crippen LogP contribution in [-0.2, 0) is 6.42 Å². The van der Waals surface area contributed by atoms with Crippen LogP contribution in [0.1, 0.15) is 16.0 Å². The summed E-state index contributed by atoms with van der Waals surface area (Å²) in [5, 5.41) is 0.487. The third-order valence-corrected chi connectivity index (χ3v) is 5.62. The summed E-state index contributed by atoms with van der Waals surface area (Å²) in [6, 6.07) is 10.9. The molecular weight excluding hydrogens is 410 g/mol. The molecule has 0 saturated heterocycles. The first-order valence-corrected chi connectivity index (χ1v) is 8.18. The summed E-state index contributed by atoms with van der Waals surface area (Å²) in [5.74, 6) is 0.563. The van der Waals surface area contributed by atoms with Crippen LogP contribution in [0.15, 0.2) is 40.9 Å². The number of halogens is 4. The fourth-order valence-corrected chi connectivity index (χ4v) is 3.45. The molecular formula is C15H10Br2ClFO. The van der Waals surface area contributed by atoms with Gasteiger partial charge in [0.05, 0.1) is 9.85 Å². The molecule has 0 aromatic heterocycles. The second-order valence-corrected chi connectivity index (χ2v) is 6.91. The predicted molar refractivity (Wildman–Crippen MR) is 85.3 cm³/mol. The van der Waals surface area contributed by atoms with Crippen molar-refractivity contribution in [3.8, 4) is 5.75 Å². The van der Waals surface area contributed by atoms with Crippen LogP contribution >= 0.6 is 43.5 Å². The first kappa shape index (κ1) is 14.4. The molecule has 0 saturated carbocycles. The summed E-state index contributed by atoms with van der Waals surface area (Å²) in [4.78, 5) is -0.250. The van der Waals surface area contributed by atoms with Crippen molar-refractivity contribution in [2.75, 3.05) is 0 Å². The van der Waals surface area contributed by atoms with E-state index in [0.717, 1.165) is 17.7 Å². The van der Waals surface area contributed by atoms with Gasteiger partial charge in [-0.3, -0.25) is 0 Å². The van der Waals surface area contributed by atoms with Crippen molar-refractivity contribution in [3.05, 3.63) is 62.8 Å². The first-order valence-electron chi connectivity index (χ1n) is 6.09. The predicted octanol–water partition coefficient (Wildman–Crippen LogP) is 5.68. The number of hydrogen-bond donors (Lipinski definition) is 0. The zero-order valence-corrected chi connectivity index (χ0v) is 14.2. The van der Waals surface area contributed by atoms with Gasteiger partial charge in [-0.25, -0.2) is 4.39 Å². The molecule has 5 heteroatoms. The Morgan fingerprint density at radius 1 is 1.30 bits per heavy atom. The Bertz CT molecular complexity index is 637. The third-order valence-electron chi connectivity index (χ3n) is 3.34. The van der Waals surface area contributed by atoms with E-state index in [1.54, 1.807) is 6.07 Å². The monoisotopic (exact) mass is 418 g/mol. The van der Waals surface area contributed by atoms with Crippen molar-refractivity contribution in [1.82, 2.24) is 0 Å². The van der Waals surface area contributed by atoms with E-state index in [1.165, 1.54) is 6.07 Å². The summed E-state index contributed by atoms with van der Waals surface area (Å²) < 4.78 is 20.5. The Hall–Kier alpha value is -0.580. The zero-order valence-electron chi connectivity index (χ0n) is 10.2. The molecule has 0 radical (unpaired) electrons. The quantitative estimate of drug-likeness (QED) is 0.449. The zero-order chi connectivity index (χ0) is 14.3. The Morgan fingerprint density at radius 3 is 2.80 bits per heavy atom. The average molecular weight is 421 g/mol. The molecule has 0 spiro atoms. The first-order chi connectivity index (χ1) is 9.56. The van der Waals surface area contributed by atoms with E-state index in [-0.39, 0.29) is 16.7 Å². The summed E-state index contributed by atoms with van der Waals surface area (Å²) in [7, 11) is 0. The van der Waals surface area contributed by atoms with Crippen molar-refractivity contribution in [3.63, 3.8) is 0 Å². The summed E-state index contributed by atoms with van der Waals surface area (Å²) in [5.41, 5.74) is 1.65. The lowest BCUT2D eigenvalue weighted by Gasteiger charge is -2.19. The molecule has 2 aromatic carbocycles. The maximum absolute atomic E-state index is 14.1. The van der Waals surface area contributed by atoms with Crippen LogP contribution in [-0.4, -0.2) is 6.10 Å². The van der Waals surface area contributed by atoms with Crippen molar-refractivity contribution >= 4 is 43.5 Å². The molecule has 0 amide bonds. The minimum atomic E-state index is -0.303. The lowest BCUT2D eigenvalue weighted by molar-refractivity contribution is 0.230. The molecule has 2 unspecified atom stereocenters. The number of para-hydroxylation sites is 1. The molecule has 2 atom stereocenters. The Labute approximate surface area is 138 Å². The van der Waals surface area contributed by atoms with E-state index in [0.29, 0.717) is 15.1 Å². The van der Waals surface area contributed by atoms with Crippen LogP contribution in [0, 0.1) is 5.82 Å². The summed E-state index contributed by atoms with van der Waals surface area (Å²) in [6.07, 6.45) is 0.610. The molecule has 0 bridgehead atoms. The Balaban J connectivity index is 1.88. The molecule has 20 heavy (non-hydrogen) atoms. The van der Waals surface area contributed by atoms with E-state index >= 15 is 0 Å². The highest BCUT2D eigenvalue weighted by atomic mass is 79.9. The third kappa shape index (κ3) is 2.61. The summed E-state index contributed by atoms with van der Waals surface area (Å²) in [6.45, 7) is 0. The molecule has 0 fully saturated rings. The number of ether oxygens (including phenoxy) is 1. The van der Waals surface area contributed by atoms with E-state index < -0.39 is 0 Å². The van der Waals surface area contributed by atoms with Crippen molar-refractivity contribution in [1.29, 1.82) is 0 Å². The maximum atomic E-state index is 14.1. The minimum Gasteiger partial charge on any atom is -0.488 e. The number of rotatable bonds is 2. The number of alkyl halides is 1. The van der Waals surface area contributed by atoms with Crippen LogP contribution in [0.2, 0.25) is 5.02 Å². The smallest absolute Gasteiger partial charge is 0.128 e. The molecule has 0 aliphatic carbocycles. The minimum absolute atomic E-state index is 0.140. The van der Waals surface area contributed by atoms with Crippen molar-refractivity contribution in [2.24, 2.45) is 0 Å². The van der Waals surface area contributed by atoms with Crippen LogP contribution in [0.25, 0.3) is 0 Å². The van der Waals surface area contributed by atoms with Gasteiger partial charge in [0.1, 0.15) is 17.7 Å². The second kappa shape index (κ2) is 5.66. The van der Waals surface area contributed by atoms with E-state index in [9.17, 15) is 4.39 Å². The van der Waals surface area contributed by atoms with Gasteiger partial charge in [0.25, 0.3) is 0 Å². The van der Waals surface area contributed by atoms with Gasteiger partial charge < -0.3 is 4.74 Å². The van der Waals surface area contributed by atoms with Gasteiger partial charge in [0.2, 0.25) is 0 Å². The topological polar surface area (TPSA) is 9.23 Å². The lowest BCUT2D eigenvalue weighted by atomic mass is 10.0. The lowest BCUT2D eigenvalue weighted by Crippen LogP contribution is -2.20. The Morgan fingerprint density at radius 2 is 2.05 bits per heavy atom. The number of benzene rings is 2. The van der Waals surface area contributed by atoms with Gasteiger partial charge in [-0.2, -0.15) is 0 Å².